The van der Waals surface area contributed by atoms with Crippen LogP contribution in [0.4, 0.5) is 0 Å². The van der Waals surface area contributed by atoms with Crippen molar-refractivity contribution in [3.8, 4) is 0 Å². The zero-order valence-electron chi connectivity index (χ0n) is 13.2. The van der Waals surface area contributed by atoms with E-state index in [-0.39, 0.29) is 0 Å². The Hall–Kier alpha value is -2.34. The van der Waals surface area contributed by atoms with Gasteiger partial charge in [0.25, 0.3) is 0 Å². The number of benzene rings is 2. The van der Waals surface area contributed by atoms with Crippen molar-refractivity contribution in [3.05, 3.63) is 101 Å². The van der Waals surface area contributed by atoms with E-state index in [2.05, 4.69) is 92.7 Å². The van der Waals surface area contributed by atoms with Gasteiger partial charge in [-0.1, -0.05) is 86.7 Å². The van der Waals surface area contributed by atoms with Gasteiger partial charge in [-0.05, 0) is 46.3 Å². The van der Waals surface area contributed by atoms with E-state index in [1.807, 2.05) is 0 Å². The summed E-state index contributed by atoms with van der Waals surface area (Å²) < 4.78 is 0. The first-order valence-electron chi connectivity index (χ1n) is 7.96. The second kappa shape index (κ2) is 6.62. The lowest BCUT2D eigenvalue weighted by molar-refractivity contribution is 0.672. The summed E-state index contributed by atoms with van der Waals surface area (Å²) in [5, 5.41) is 0. The molecule has 0 heteroatoms. The van der Waals surface area contributed by atoms with Crippen LogP contribution in [0.5, 0.6) is 0 Å². The first kappa shape index (κ1) is 14.6. The molecule has 1 aliphatic carbocycles. The minimum absolute atomic E-state index is 0.581. The van der Waals surface area contributed by atoms with Crippen LogP contribution in [0.3, 0.4) is 0 Å². The Labute approximate surface area is 133 Å². The average molecular weight is 285 g/mol. The van der Waals surface area contributed by atoms with E-state index < -0.39 is 0 Å². The maximum absolute atomic E-state index is 3.48. The summed E-state index contributed by atoms with van der Waals surface area (Å²) in [4.78, 5) is 0. The van der Waals surface area contributed by atoms with Crippen LogP contribution in [-0.2, 0) is 0 Å². The fourth-order valence-electron chi connectivity index (χ4n) is 2.76. The summed E-state index contributed by atoms with van der Waals surface area (Å²) in [5.74, 6) is 0.581. The van der Waals surface area contributed by atoms with E-state index >= 15 is 0 Å². The molecule has 0 saturated carbocycles. The molecule has 2 aromatic carbocycles. The Morgan fingerprint density at radius 3 is 1.95 bits per heavy atom. The molecule has 3 rings (SSSR count). The summed E-state index contributed by atoms with van der Waals surface area (Å²) in [7, 11) is 0. The number of rotatable bonds is 4. The monoisotopic (exact) mass is 285 g/mol. The summed E-state index contributed by atoms with van der Waals surface area (Å²) in [6.45, 7) is 4.51. The normalized spacial score (nSPS) is 14.8. The van der Waals surface area contributed by atoms with Gasteiger partial charge in [0.15, 0.2) is 0 Å². The predicted octanol–water partition coefficient (Wildman–Crippen LogP) is 5.83. The molecule has 0 amide bonds. The van der Waals surface area contributed by atoms with Gasteiger partial charge in [0.2, 0.25) is 0 Å². The van der Waals surface area contributed by atoms with Gasteiger partial charge < -0.3 is 0 Å². The first-order valence-corrected chi connectivity index (χ1v) is 7.96. The zero-order valence-corrected chi connectivity index (χ0v) is 13.2. The van der Waals surface area contributed by atoms with Crippen LogP contribution in [0.25, 0.3) is 5.57 Å². The average Bonchev–Trinajstić information content (AvgIpc) is 3.06. The summed E-state index contributed by atoms with van der Waals surface area (Å²) in [5.41, 5.74) is 6.31. The molecule has 0 aliphatic heterocycles. The van der Waals surface area contributed by atoms with E-state index in [1.165, 1.54) is 27.8 Å². The molecule has 1 radical (unpaired) electrons. The van der Waals surface area contributed by atoms with Crippen molar-refractivity contribution in [2.24, 2.45) is 5.92 Å². The molecule has 0 spiro atoms. The molecule has 1 atom stereocenters. The van der Waals surface area contributed by atoms with Crippen LogP contribution in [0, 0.1) is 12.0 Å². The number of hydrogen-bond acceptors (Lipinski definition) is 0. The summed E-state index contributed by atoms with van der Waals surface area (Å²) >= 11 is 0. The van der Waals surface area contributed by atoms with Gasteiger partial charge in [0.1, 0.15) is 0 Å². The van der Waals surface area contributed by atoms with Gasteiger partial charge in [0.05, 0.1) is 0 Å². The molecule has 0 fully saturated rings. The van der Waals surface area contributed by atoms with Gasteiger partial charge in [-0.2, -0.15) is 0 Å². The van der Waals surface area contributed by atoms with Crippen LogP contribution in [-0.4, -0.2) is 0 Å². The molecule has 0 aromatic heterocycles. The zero-order chi connectivity index (χ0) is 15.4. The third kappa shape index (κ3) is 2.96. The third-order valence-electron chi connectivity index (χ3n) is 4.28. The molecule has 0 heterocycles. The molecule has 109 valence electrons. The maximum Gasteiger partial charge on any atom is -0.00325 e. The SMILES string of the molecule is CCC(C)C1=CC(=C(c2ccccc2)c2ccccc2)[C]=C1. The van der Waals surface area contributed by atoms with Crippen LogP contribution in [0.15, 0.2) is 84.0 Å². The van der Waals surface area contributed by atoms with Crippen LogP contribution < -0.4 is 0 Å². The highest BCUT2D eigenvalue weighted by Gasteiger charge is 2.15. The first-order chi connectivity index (χ1) is 10.8. The standard InChI is InChI=1S/C22H21/c1-3-17(2)20-14-15-21(16-20)22(18-10-6-4-7-11-18)19-12-8-5-9-13-19/h4-14,16-17H,3H2,1-2H3. The van der Waals surface area contributed by atoms with Crippen molar-refractivity contribution in [1.82, 2.24) is 0 Å². The van der Waals surface area contributed by atoms with Gasteiger partial charge >= 0.3 is 0 Å². The van der Waals surface area contributed by atoms with Crippen molar-refractivity contribution in [3.63, 3.8) is 0 Å². The third-order valence-corrected chi connectivity index (χ3v) is 4.28. The highest BCUT2D eigenvalue weighted by atomic mass is 14.2. The Balaban J connectivity index is 2.14. The molecular weight excluding hydrogens is 264 g/mol. The highest BCUT2D eigenvalue weighted by molar-refractivity contribution is 5.85. The van der Waals surface area contributed by atoms with E-state index in [0.717, 1.165) is 6.42 Å². The lowest BCUT2D eigenvalue weighted by atomic mass is 9.93. The smallest absolute Gasteiger partial charge is 0.00325 e. The van der Waals surface area contributed by atoms with E-state index in [4.69, 9.17) is 0 Å². The fraction of sp³-hybridized carbons (Fsp3) is 0.182. The molecule has 0 bridgehead atoms. The van der Waals surface area contributed by atoms with Gasteiger partial charge in [-0.25, -0.2) is 0 Å². The molecule has 22 heavy (non-hydrogen) atoms. The quantitative estimate of drug-likeness (QED) is 0.662. The molecule has 0 nitrogen and oxygen atoms in total. The molecule has 1 aliphatic rings. The van der Waals surface area contributed by atoms with Crippen LogP contribution >= 0.6 is 0 Å². The maximum atomic E-state index is 3.48. The summed E-state index contributed by atoms with van der Waals surface area (Å²) in [6.07, 6.45) is 9.08. The van der Waals surface area contributed by atoms with Gasteiger partial charge in [-0.15, -0.1) is 0 Å². The van der Waals surface area contributed by atoms with Crippen LogP contribution in [0.2, 0.25) is 0 Å². The fourth-order valence-corrected chi connectivity index (χ4v) is 2.76. The van der Waals surface area contributed by atoms with Crippen molar-refractivity contribution >= 4 is 5.57 Å². The largest absolute Gasteiger partial charge is 0.0648 e. The minimum atomic E-state index is 0.581. The van der Waals surface area contributed by atoms with Gasteiger partial charge in [-0.3, -0.25) is 0 Å². The Morgan fingerprint density at radius 1 is 0.909 bits per heavy atom. The molecular formula is C22H21. The van der Waals surface area contributed by atoms with E-state index in [9.17, 15) is 0 Å². The molecule has 0 saturated heterocycles. The number of allylic oxidation sites excluding steroid dienone is 5. The molecule has 2 aromatic rings. The van der Waals surface area contributed by atoms with Crippen molar-refractivity contribution in [2.45, 2.75) is 20.3 Å². The van der Waals surface area contributed by atoms with Crippen molar-refractivity contribution in [2.75, 3.05) is 0 Å². The Kier molecular flexibility index (Phi) is 4.39. The minimum Gasteiger partial charge on any atom is -0.0648 e. The Morgan fingerprint density at radius 2 is 1.45 bits per heavy atom. The lowest BCUT2D eigenvalue weighted by Crippen LogP contribution is -1.93. The predicted molar refractivity (Wildman–Crippen MR) is 94.3 cm³/mol. The van der Waals surface area contributed by atoms with E-state index in [0.29, 0.717) is 5.92 Å². The second-order valence-electron chi connectivity index (χ2n) is 5.76. The van der Waals surface area contributed by atoms with Crippen molar-refractivity contribution < 1.29 is 0 Å². The lowest BCUT2D eigenvalue weighted by Gasteiger charge is -2.11. The van der Waals surface area contributed by atoms with Crippen molar-refractivity contribution in [1.29, 1.82) is 0 Å². The molecule has 1 unspecified atom stereocenters. The van der Waals surface area contributed by atoms with Crippen LogP contribution in [0.1, 0.15) is 31.4 Å². The number of hydrogen-bond donors (Lipinski definition) is 0. The molecule has 0 N–H and O–H groups in total. The summed E-state index contributed by atoms with van der Waals surface area (Å²) in [6, 6.07) is 21.2. The second-order valence-corrected chi connectivity index (χ2v) is 5.76. The highest BCUT2D eigenvalue weighted by Crippen LogP contribution is 2.33. The van der Waals surface area contributed by atoms with Gasteiger partial charge in [0, 0.05) is 0 Å². The van der Waals surface area contributed by atoms with E-state index in [1.54, 1.807) is 0 Å². The Bertz CT molecular complexity index is 674. The topological polar surface area (TPSA) is 0 Å².